The molecule has 2 aliphatic rings. The van der Waals surface area contributed by atoms with E-state index >= 15 is 4.39 Å². The lowest BCUT2D eigenvalue weighted by molar-refractivity contribution is -0.128. The molecule has 2 aromatic heterocycles. The first-order chi connectivity index (χ1) is 19.6. The molecule has 6 rings (SSSR count). The largest absolute Gasteiger partial charge is 0.349 e. The van der Waals surface area contributed by atoms with Crippen LogP contribution >= 0.6 is 11.6 Å². The number of hydrogen-bond donors (Lipinski definition) is 1. The number of nitrogens with one attached hydrogen (secondary N) is 1. The summed E-state index contributed by atoms with van der Waals surface area (Å²) in [7, 11) is 3.77. The average molecular weight is 577 g/mol. The van der Waals surface area contributed by atoms with Crippen LogP contribution in [0.1, 0.15) is 19.4 Å². The molecule has 2 aliphatic heterocycles. The van der Waals surface area contributed by atoms with Gasteiger partial charge in [-0.05, 0) is 45.5 Å². The maximum atomic E-state index is 16.9. The molecule has 41 heavy (non-hydrogen) atoms. The van der Waals surface area contributed by atoms with Gasteiger partial charge < -0.3 is 20.0 Å². The summed E-state index contributed by atoms with van der Waals surface area (Å²) >= 11 is 6.95. The molecular weight excluding hydrogens is 543 g/mol. The van der Waals surface area contributed by atoms with Gasteiger partial charge in [0.25, 0.3) is 0 Å². The Kier molecular flexibility index (Phi) is 6.86. The van der Waals surface area contributed by atoms with Gasteiger partial charge in [0.1, 0.15) is 11.3 Å². The number of aryl methyl sites for hydroxylation is 2. The summed E-state index contributed by atoms with van der Waals surface area (Å²) in [5.41, 5.74) is 2.93. The molecule has 9 nitrogen and oxygen atoms in total. The Balaban J connectivity index is 1.56. The number of piperazine rings is 1. The molecular formula is C30H34ClFN8O. The van der Waals surface area contributed by atoms with Crippen LogP contribution < -0.4 is 15.1 Å². The minimum atomic E-state index is -0.485. The number of benzene rings is 2. The standard InChI is InChI=1S/C30H34ClFN8O/c1-7-23(41)39-12-18(4)40(13-17(39)3)29-21-10-22(31)25(24-16(2)8-9-19-11-34-37(6)28(19)24)26(32)27(21)35-30(36-29)38-14-20(15-38)33-5/h7-11,17-18,20,33H,1,12-15H2,2-6H3/t17-,18+/m1/s1. The van der Waals surface area contributed by atoms with Crippen LogP contribution in [0.2, 0.25) is 5.02 Å². The number of carbonyl (C=O) groups is 1. The second kappa shape index (κ2) is 10.3. The predicted octanol–water partition coefficient (Wildman–Crippen LogP) is 4.30. The van der Waals surface area contributed by atoms with Crippen LogP contribution in [0, 0.1) is 12.7 Å². The maximum Gasteiger partial charge on any atom is 0.246 e. The van der Waals surface area contributed by atoms with Crippen LogP contribution in [-0.4, -0.2) is 81.9 Å². The molecule has 214 valence electrons. The Morgan fingerprint density at radius 1 is 1.15 bits per heavy atom. The van der Waals surface area contributed by atoms with E-state index in [4.69, 9.17) is 21.6 Å². The van der Waals surface area contributed by atoms with Crippen LogP contribution in [0.3, 0.4) is 0 Å². The lowest BCUT2D eigenvalue weighted by atomic mass is 9.95. The van der Waals surface area contributed by atoms with Crippen LogP contribution in [0.15, 0.2) is 37.1 Å². The molecule has 2 saturated heterocycles. The number of rotatable bonds is 5. The van der Waals surface area contributed by atoms with E-state index in [-0.39, 0.29) is 28.5 Å². The fraction of sp³-hybridized carbons (Fsp3) is 0.400. The number of likely N-dealkylation sites (N-methyl/N-ethyl adjacent to an activating group) is 1. The first-order valence-corrected chi connectivity index (χ1v) is 14.2. The highest BCUT2D eigenvalue weighted by molar-refractivity contribution is 6.35. The molecule has 0 radical (unpaired) electrons. The van der Waals surface area contributed by atoms with Crippen molar-refractivity contribution in [3.05, 3.63) is 53.5 Å². The maximum absolute atomic E-state index is 16.9. The SMILES string of the molecule is C=CC(=O)N1C[C@H](C)N(c2nc(N3CC(NC)C3)nc3c(F)c(-c4c(C)ccc5cnn(C)c45)c(Cl)cc23)C[C@H]1C. The Morgan fingerprint density at radius 3 is 2.61 bits per heavy atom. The van der Waals surface area contributed by atoms with Crippen LogP contribution in [-0.2, 0) is 11.8 Å². The van der Waals surface area contributed by atoms with Gasteiger partial charge in [0, 0.05) is 73.3 Å². The number of fused-ring (bicyclic) bond motifs is 2. The van der Waals surface area contributed by atoms with Crippen molar-refractivity contribution in [3.8, 4) is 11.1 Å². The first kappa shape index (κ1) is 27.4. The van der Waals surface area contributed by atoms with Crippen molar-refractivity contribution in [2.45, 2.75) is 38.9 Å². The summed E-state index contributed by atoms with van der Waals surface area (Å²) in [5.74, 6) is 0.507. The van der Waals surface area contributed by atoms with Gasteiger partial charge in [0.2, 0.25) is 11.9 Å². The second-order valence-electron chi connectivity index (χ2n) is 11.2. The number of aromatic nitrogens is 4. The van der Waals surface area contributed by atoms with E-state index in [0.29, 0.717) is 47.4 Å². The van der Waals surface area contributed by atoms with Crippen molar-refractivity contribution < 1.29 is 9.18 Å². The highest BCUT2D eigenvalue weighted by Crippen LogP contribution is 2.43. The molecule has 1 N–H and O–H groups in total. The minimum Gasteiger partial charge on any atom is -0.349 e. The van der Waals surface area contributed by atoms with Gasteiger partial charge in [-0.25, -0.2) is 9.37 Å². The summed E-state index contributed by atoms with van der Waals surface area (Å²) in [6, 6.07) is 5.88. The Morgan fingerprint density at radius 2 is 1.90 bits per heavy atom. The molecule has 4 heterocycles. The van der Waals surface area contributed by atoms with Gasteiger partial charge in [-0.2, -0.15) is 10.1 Å². The van der Waals surface area contributed by atoms with Crippen LogP contribution in [0.4, 0.5) is 16.2 Å². The lowest BCUT2D eigenvalue weighted by Gasteiger charge is -2.45. The lowest BCUT2D eigenvalue weighted by Crippen LogP contribution is -2.59. The predicted molar refractivity (Wildman–Crippen MR) is 162 cm³/mol. The second-order valence-corrected chi connectivity index (χ2v) is 11.6. The topological polar surface area (TPSA) is 82.4 Å². The zero-order valence-electron chi connectivity index (χ0n) is 23.9. The minimum absolute atomic E-state index is 0.0746. The zero-order chi connectivity index (χ0) is 29.2. The normalized spacial score (nSPS) is 19.7. The first-order valence-electron chi connectivity index (χ1n) is 13.9. The fourth-order valence-corrected chi connectivity index (χ4v) is 6.40. The molecule has 1 amide bonds. The summed E-state index contributed by atoms with van der Waals surface area (Å²) in [6.45, 7) is 12.1. The van der Waals surface area contributed by atoms with E-state index in [1.165, 1.54) is 6.08 Å². The fourth-order valence-electron chi connectivity index (χ4n) is 6.11. The summed E-state index contributed by atoms with van der Waals surface area (Å²) in [4.78, 5) is 28.3. The van der Waals surface area contributed by atoms with E-state index in [1.54, 1.807) is 16.9 Å². The quantitative estimate of drug-likeness (QED) is 0.355. The molecule has 0 spiro atoms. The van der Waals surface area contributed by atoms with E-state index in [1.807, 2.05) is 51.9 Å². The molecule has 2 fully saturated rings. The number of amides is 1. The number of halogens is 2. The van der Waals surface area contributed by atoms with E-state index in [9.17, 15) is 4.79 Å². The van der Waals surface area contributed by atoms with Gasteiger partial charge in [-0.1, -0.05) is 30.3 Å². The highest BCUT2D eigenvalue weighted by Gasteiger charge is 2.35. The molecule has 2 aromatic carbocycles. The van der Waals surface area contributed by atoms with Gasteiger partial charge in [-0.15, -0.1) is 0 Å². The van der Waals surface area contributed by atoms with Crippen molar-refractivity contribution in [1.82, 2.24) is 30.0 Å². The molecule has 0 unspecified atom stereocenters. The molecule has 0 saturated carbocycles. The zero-order valence-corrected chi connectivity index (χ0v) is 24.7. The van der Waals surface area contributed by atoms with Crippen molar-refractivity contribution in [2.75, 3.05) is 43.0 Å². The monoisotopic (exact) mass is 576 g/mol. The van der Waals surface area contributed by atoms with Gasteiger partial charge in [0.15, 0.2) is 5.82 Å². The summed E-state index contributed by atoms with van der Waals surface area (Å²) in [6.07, 6.45) is 3.12. The van der Waals surface area contributed by atoms with Crippen molar-refractivity contribution in [3.63, 3.8) is 0 Å². The molecule has 0 bridgehead atoms. The molecule has 2 atom stereocenters. The van der Waals surface area contributed by atoms with E-state index in [0.717, 1.165) is 29.6 Å². The van der Waals surface area contributed by atoms with Gasteiger partial charge >= 0.3 is 0 Å². The summed E-state index contributed by atoms with van der Waals surface area (Å²) < 4.78 is 18.6. The Labute approximate surface area is 243 Å². The van der Waals surface area contributed by atoms with Gasteiger partial charge in [-0.3, -0.25) is 9.48 Å². The smallest absolute Gasteiger partial charge is 0.246 e. The number of anilines is 2. The Hall–Kier alpha value is -3.76. The Bertz CT molecular complexity index is 1700. The van der Waals surface area contributed by atoms with Crippen LogP contribution in [0.25, 0.3) is 32.9 Å². The number of hydrogen-bond acceptors (Lipinski definition) is 7. The number of nitrogens with zero attached hydrogens (tertiary/aromatic N) is 7. The van der Waals surface area contributed by atoms with Crippen molar-refractivity contribution >= 4 is 51.1 Å². The van der Waals surface area contributed by atoms with Crippen molar-refractivity contribution in [1.29, 1.82) is 0 Å². The molecule has 11 heteroatoms. The third kappa shape index (κ3) is 4.40. The van der Waals surface area contributed by atoms with Crippen molar-refractivity contribution in [2.24, 2.45) is 7.05 Å². The molecule has 0 aliphatic carbocycles. The van der Waals surface area contributed by atoms with E-state index in [2.05, 4.69) is 26.8 Å². The third-order valence-corrected chi connectivity index (χ3v) is 8.80. The molecule has 4 aromatic rings. The van der Waals surface area contributed by atoms with E-state index < -0.39 is 5.82 Å². The third-order valence-electron chi connectivity index (χ3n) is 8.50. The summed E-state index contributed by atoms with van der Waals surface area (Å²) in [5, 5.41) is 9.41. The highest BCUT2D eigenvalue weighted by atomic mass is 35.5. The average Bonchev–Trinajstić information content (AvgIpc) is 3.30. The van der Waals surface area contributed by atoms with Gasteiger partial charge in [0.05, 0.1) is 16.7 Å². The van der Waals surface area contributed by atoms with Crippen LogP contribution in [0.5, 0.6) is 0 Å². The number of carbonyl (C=O) groups excluding carboxylic acids is 1.